The van der Waals surface area contributed by atoms with E-state index in [9.17, 15) is 0 Å². The van der Waals surface area contributed by atoms with Crippen LogP contribution in [0.3, 0.4) is 0 Å². The van der Waals surface area contributed by atoms with Gasteiger partial charge in [0, 0.05) is 6.54 Å². The first-order valence-electron chi connectivity index (χ1n) is 7.92. The highest BCUT2D eigenvalue weighted by molar-refractivity contribution is 5.10. The molecule has 4 unspecified atom stereocenters. The Balaban J connectivity index is 1.31. The molecule has 0 radical (unpaired) electrons. The zero-order valence-electron chi connectivity index (χ0n) is 11.8. The van der Waals surface area contributed by atoms with Gasteiger partial charge in [0.1, 0.15) is 0 Å². The van der Waals surface area contributed by atoms with Crippen LogP contribution in [0.15, 0.2) is 12.2 Å². The van der Waals surface area contributed by atoms with Gasteiger partial charge < -0.3 is 10.2 Å². The maximum absolute atomic E-state index is 3.73. The number of rotatable bonds is 6. The monoisotopic (exact) mass is 248 g/mol. The highest BCUT2D eigenvalue weighted by Crippen LogP contribution is 2.42. The Morgan fingerprint density at radius 3 is 2.72 bits per heavy atom. The largest absolute Gasteiger partial charge is 0.316 e. The standard InChI is InChI=1S/C16H28N2/c1-13(12-18-6-2-3-7-18)10-17-11-16-9-14-4-5-15(16)8-14/h4-5,13-17H,2-3,6-12H2,1H3. The summed E-state index contributed by atoms with van der Waals surface area (Å²) in [7, 11) is 0. The van der Waals surface area contributed by atoms with Crippen molar-refractivity contribution in [3.8, 4) is 0 Å². The van der Waals surface area contributed by atoms with Crippen molar-refractivity contribution in [1.29, 1.82) is 0 Å². The Morgan fingerprint density at radius 2 is 2.06 bits per heavy atom. The van der Waals surface area contributed by atoms with Crippen LogP contribution in [0, 0.1) is 23.7 Å². The van der Waals surface area contributed by atoms with Crippen molar-refractivity contribution >= 4 is 0 Å². The van der Waals surface area contributed by atoms with E-state index in [0.29, 0.717) is 0 Å². The number of hydrogen-bond acceptors (Lipinski definition) is 2. The zero-order chi connectivity index (χ0) is 12.4. The molecule has 4 atom stereocenters. The molecule has 0 aromatic heterocycles. The highest BCUT2D eigenvalue weighted by atomic mass is 15.1. The minimum Gasteiger partial charge on any atom is -0.316 e. The molecule has 0 spiro atoms. The third kappa shape index (κ3) is 2.97. The molecule has 3 aliphatic rings. The van der Waals surface area contributed by atoms with Crippen molar-refractivity contribution < 1.29 is 0 Å². The van der Waals surface area contributed by atoms with Gasteiger partial charge in [-0.15, -0.1) is 0 Å². The number of allylic oxidation sites excluding steroid dienone is 2. The lowest BCUT2D eigenvalue weighted by atomic mass is 9.93. The molecule has 1 N–H and O–H groups in total. The molecule has 0 amide bonds. The average Bonchev–Trinajstić information content (AvgIpc) is 3.04. The average molecular weight is 248 g/mol. The Hall–Kier alpha value is -0.340. The summed E-state index contributed by atoms with van der Waals surface area (Å²) in [5.41, 5.74) is 0. The number of hydrogen-bond donors (Lipinski definition) is 1. The van der Waals surface area contributed by atoms with Crippen LogP contribution in [0.2, 0.25) is 0 Å². The van der Waals surface area contributed by atoms with E-state index in [-0.39, 0.29) is 0 Å². The molecule has 18 heavy (non-hydrogen) atoms. The van der Waals surface area contributed by atoms with E-state index in [0.717, 1.165) is 23.7 Å². The van der Waals surface area contributed by atoms with Crippen LogP contribution in [0.25, 0.3) is 0 Å². The van der Waals surface area contributed by atoms with E-state index in [1.165, 1.54) is 58.4 Å². The molecule has 2 heteroatoms. The first kappa shape index (κ1) is 12.7. The van der Waals surface area contributed by atoms with Crippen molar-refractivity contribution in [2.45, 2.75) is 32.6 Å². The van der Waals surface area contributed by atoms with Gasteiger partial charge in [-0.25, -0.2) is 0 Å². The molecule has 0 aromatic rings. The van der Waals surface area contributed by atoms with Crippen LogP contribution in [0.4, 0.5) is 0 Å². The predicted octanol–water partition coefficient (Wildman–Crippen LogP) is 2.52. The normalized spacial score (nSPS) is 36.6. The topological polar surface area (TPSA) is 15.3 Å². The number of nitrogens with zero attached hydrogens (tertiary/aromatic N) is 1. The zero-order valence-corrected chi connectivity index (χ0v) is 11.8. The first-order chi connectivity index (χ1) is 8.81. The number of likely N-dealkylation sites (tertiary alicyclic amines) is 1. The molecule has 1 aliphatic heterocycles. The second-order valence-corrected chi connectivity index (χ2v) is 6.81. The molecule has 2 nitrogen and oxygen atoms in total. The Labute approximate surface area is 112 Å². The second kappa shape index (κ2) is 5.75. The summed E-state index contributed by atoms with van der Waals surface area (Å²) in [6.45, 7) is 8.81. The molecule has 3 rings (SSSR count). The minimum atomic E-state index is 0.803. The summed E-state index contributed by atoms with van der Waals surface area (Å²) in [5.74, 6) is 3.55. The van der Waals surface area contributed by atoms with Crippen molar-refractivity contribution in [1.82, 2.24) is 10.2 Å². The van der Waals surface area contributed by atoms with Crippen molar-refractivity contribution in [2.75, 3.05) is 32.7 Å². The van der Waals surface area contributed by atoms with Crippen LogP contribution in [-0.4, -0.2) is 37.6 Å². The quantitative estimate of drug-likeness (QED) is 0.727. The smallest absolute Gasteiger partial charge is 0.00191 e. The Bertz CT molecular complexity index is 293. The van der Waals surface area contributed by atoms with Crippen molar-refractivity contribution in [2.24, 2.45) is 23.7 Å². The molecule has 2 bridgehead atoms. The maximum Gasteiger partial charge on any atom is 0.00191 e. The predicted molar refractivity (Wildman–Crippen MR) is 76.6 cm³/mol. The SMILES string of the molecule is CC(CNCC1CC2C=CC1C2)CN1CCCC1. The summed E-state index contributed by atoms with van der Waals surface area (Å²) >= 11 is 0. The van der Waals surface area contributed by atoms with E-state index >= 15 is 0 Å². The summed E-state index contributed by atoms with van der Waals surface area (Å²) in [6, 6.07) is 0. The van der Waals surface area contributed by atoms with Crippen molar-refractivity contribution in [3.05, 3.63) is 12.2 Å². The van der Waals surface area contributed by atoms with Gasteiger partial charge >= 0.3 is 0 Å². The Morgan fingerprint density at radius 1 is 1.22 bits per heavy atom. The van der Waals surface area contributed by atoms with Crippen molar-refractivity contribution in [3.63, 3.8) is 0 Å². The van der Waals surface area contributed by atoms with E-state index in [4.69, 9.17) is 0 Å². The third-order valence-corrected chi connectivity index (χ3v) is 5.08. The van der Waals surface area contributed by atoms with Gasteiger partial charge in [0.15, 0.2) is 0 Å². The van der Waals surface area contributed by atoms with Gasteiger partial charge in [-0.3, -0.25) is 0 Å². The van der Waals surface area contributed by atoms with Crippen LogP contribution >= 0.6 is 0 Å². The molecule has 1 saturated carbocycles. The lowest BCUT2D eigenvalue weighted by Crippen LogP contribution is -2.34. The van der Waals surface area contributed by atoms with Gasteiger partial charge in [0.2, 0.25) is 0 Å². The highest BCUT2D eigenvalue weighted by Gasteiger charge is 2.34. The number of fused-ring (bicyclic) bond motifs is 2. The van der Waals surface area contributed by atoms with Crippen LogP contribution in [0.5, 0.6) is 0 Å². The summed E-state index contributed by atoms with van der Waals surface area (Å²) in [5, 5.41) is 3.73. The van der Waals surface area contributed by atoms with Crippen LogP contribution < -0.4 is 5.32 Å². The fourth-order valence-electron chi connectivity index (χ4n) is 4.11. The van der Waals surface area contributed by atoms with E-state index in [1.807, 2.05) is 0 Å². The molecule has 102 valence electrons. The fourth-order valence-corrected chi connectivity index (χ4v) is 4.11. The minimum absolute atomic E-state index is 0.803. The van der Waals surface area contributed by atoms with Gasteiger partial charge in [-0.1, -0.05) is 19.1 Å². The Kier molecular flexibility index (Phi) is 4.05. The molecule has 2 fully saturated rings. The van der Waals surface area contributed by atoms with Gasteiger partial charge in [0.25, 0.3) is 0 Å². The van der Waals surface area contributed by atoms with E-state index in [2.05, 4.69) is 29.3 Å². The van der Waals surface area contributed by atoms with Gasteiger partial charge in [-0.05, 0) is 75.5 Å². The van der Waals surface area contributed by atoms with Crippen LogP contribution in [-0.2, 0) is 0 Å². The molecule has 0 aromatic carbocycles. The summed E-state index contributed by atoms with van der Waals surface area (Å²) in [4.78, 5) is 2.63. The summed E-state index contributed by atoms with van der Waals surface area (Å²) < 4.78 is 0. The van der Waals surface area contributed by atoms with E-state index in [1.54, 1.807) is 0 Å². The van der Waals surface area contributed by atoms with Crippen LogP contribution in [0.1, 0.15) is 32.6 Å². The maximum atomic E-state index is 3.73. The molecular formula is C16H28N2. The summed E-state index contributed by atoms with van der Waals surface area (Å²) in [6.07, 6.45) is 10.6. The first-order valence-corrected chi connectivity index (χ1v) is 7.92. The molecule has 1 saturated heterocycles. The lowest BCUT2D eigenvalue weighted by Gasteiger charge is -2.23. The van der Waals surface area contributed by atoms with E-state index < -0.39 is 0 Å². The van der Waals surface area contributed by atoms with Gasteiger partial charge in [0.05, 0.1) is 0 Å². The lowest BCUT2D eigenvalue weighted by molar-refractivity contribution is 0.278. The molecule has 1 heterocycles. The fraction of sp³-hybridized carbons (Fsp3) is 0.875. The third-order valence-electron chi connectivity index (χ3n) is 5.08. The molecular weight excluding hydrogens is 220 g/mol. The second-order valence-electron chi connectivity index (χ2n) is 6.81. The van der Waals surface area contributed by atoms with Gasteiger partial charge in [-0.2, -0.15) is 0 Å². The molecule has 2 aliphatic carbocycles. The number of nitrogens with one attached hydrogen (secondary N) is 1.